The number of rotatable bonds is 8. The fourth-order valence-corrected chi connectivity index (χ4v) is 2.26. The second-order valence-corrected chi connectivity index (χ2v) is 5.42. The van der Waals surface area contributed by atoms with E-state index in [9.17, 15) is 4.79 Å². The Morgan fingerprint density at radius 3 is 2.88 bits per heavy atom. The van der Waals surface area contributed by atoms with Gasteiger partial charge < -0.3 is 15.4 Å². The topological polar surface area (TPSA) is 118 Å². The van der Waals surface area contributed by atoms with Crippen LogP contribution in [-0.4, -0.2) is 44.7 Å². The number of aromatic amines is 1. The van der Waals surface area contributed by atoms with Gasteiger partial charge in [-0.25, -0.2) is 15.0 Å². The number of benzene rings is 1. The molecule has 1 amide bonds. The second-order valence-electron chi connectivity index (χ2n) is 5.42. The van der Waals surface area contributed by atoms with Crippen LogP contribution in [0.4, 0.5) is 11.6 Å². The molecular formula is C17H19N7O2. The average Bonchev–Trinajstić information content (AvgIpc) is 3.12. The molecule has 3 rings (SSSR count). The van der Waals surface area contributed by atoms with Crippen molar-refractivity contribution in [2.45, 2.75) is 13.0 Å². The summed E-state index contributed by atoms with van der Waals surface area (Å²) < 4.78 is 5.02. The van der Waals surface area contributed by atoms with Crippen LogP contribution in [0.2, 0.25) is 0 Å². The van der Waals surface area contributed by atoms with E-state index in [2.05, 4.69) is 35.8 Å². The van der Waals surface area contributed by atoms with Crippen LogP contribution < -0.4 is 10.6 Å². The number of amides is 1. The molecular weight excluding hydrogens is 334 g/mol. The van der Waals surface area contributed by atoms with Gasteiger partial charge in [-0.2, -0.15) is 5.10 Å². The van der Waals surface area contributed by atoms with E-state index in [0.29, 0.717) is 42.9 Å². The molecule has 9 nitrogen and oxygen atoms in total. The van der Waals surface area contributed by atoms with E-state index < -0.39 is 0 Å². The summed E-state index contributed by atoms with van der Waals surface area (Å²) in [6.45, 7) is 0.804. The van der Waals surface area contributed by atoms with Gasteiger partial charge in [-0.1, -0.05) is 12.1 Å². The Morgan fingerprint density at radius 1 is 1.23 bits per heavy atom. The lowest BCUT2D eigenvalue weighted by atomic mass is 10.2. The van der Waals surface area contributed by atoms with Crippen molar-refractivity contribution < 1.29 is 9.53 Å². The molecule has 2 aromatic heterocycles. The van der Waals surface area contributed by atoms with Crippen molar-refractivity contribution >= 4 is 17.5 Å². The first-order valence-electron chi connectivity index (χ1n) is 8.06. The quantitative estimate of drug-likeness (QED) is 0.565. The molecule has 1 aromatic carbocycles. The van der Waals surface area contributed by atoms with Gasteiger partial charge in [-0.3, -0.25) is 9.89 Å². The predicted molar refractivity (Wildman–Crippen MR) is 96.3 cm³/mol. The summed E-state index contributed by atoms with van der Waals surface area (Å²) in [6.07, 6.45) is 3.57. The van der Waals surface area contributed by atoms with Crippen LogP contribution in [0.25, 0.3) is 11.4 Å². The zero-order valence-electron chi connectivity index (χ0n) is 14.3. The molecule has 0 unspecified atom stereocenters. The van der Waals surface area contributed by atoms with Crippen molar-refractivity contribution in [3.05, 3.63) is 48.5 Å². The largest absolute Gasteiger partial charge is 0.377 e. The number of carbonyl (C=O) groups excluding carboxylic acids is 1. The summed E-state index contributed by atoms with van der Waals surface area (Å²) in [5.41, 5.74) is 1.48. The lowest BCUT2D eigenvalue weighted by molar-refractivity contribution is -0.115. The van der Waals surface area contributed by atoms with Crippen molar-refractivity contribution in [3.8, 4) is 11.4 Å². The third-order valence-electron chi connectivity index (χ3n) is 3.42. The normalized spacial score (nSPS) is 10.5. The molecule has 0 fully saturated rings. The summed E-state index contributed by atoms with van der Waals surface area (Å²) in [5, 5.41) is 12.8. The molecule has 9 heteroatoms. The minimum Gasteiger partial charge on any atom is -0.377 e. The Balaban J connectivity index is 1.55. The van der Waals surface area contributed by atoms with Gasteiger partial charge in [0.05, 0.1) is 0 Å². The molecule has 3 aromatic rings. The van der Waals surface area contributed by atoms with Gasteiger partial charge >= 0.3 is 0 Å². The summed E-state index contributed by atoms with van der Waals surface area (Å²) in [4.78, 5) is 24.5. The second kappa shape index (κ2) is 8.67. The molecule has 0 aliphatic rings. The third-order valence-corrected chi connectivity index (χ3v) is 3.42. The average molecular weight is 353 g/mol. The maximum absolute atomic E-state index is 12.1. The summed E-state index contributed by atoms with van der Waals surface area (Å²) in [7, 11) is 1.59. The standard InChI is InChI=1S/C17H19N7O2/c1-26-11-14-22-16(24-23-14)12-4-2-5-13(10-12)21-15(25)6-9-20-17-18-7-3-8-19-17/h2-5,7-8,10H,6,9,11H2,1H3,(H,21,25)(H,18,19,20)(H,22,23,24). The SMILES string of the molecule is COCc1nc(-c2cccc(NC(=O)CCNc3ncccn3)c2)n[nH]1. The maximum atomic E-state index is 12.1. The van der Waals surface area contributed by atoms with Gasteiger partial charge in [-0.15, -0.1) is 0 Å². The molecule has 0 aliphatic carbocycles. The maximum Gasteiger partial charge on any atom is 0.226 e. The molecule has 0 atom stereocenters. The molecule has 0 saturated heterocycles. The van der Waals surface area contributed by atoms with Crippen LogP contribution >= 0.6 is 0 Å². The first-order valence-corrected chi connectivity index (χ1v) is 8.06. The van der Waals surface area contributed by atoms with Crippen molar-refractivity contribution in [3.63, 3.8) is 0 Å². The number of H-pyrrole nitrogens is 1. The number of methoxy groups -OCH3 is 1. The van der Waals surface area contributed by atoms with Crippen molar-refractivity contribution in [2.75, 3.05) is 24.3 Å². The van der Waals surface area contributed by atoms with E-state index in [-0.39, 0.29) is 5.91 Å². The Hall–Kier alpha value is -3.33. The number of ether oxygens (including phenoxy) is 1. The Kier molecular flexibility index (Phi) is 5.84. The predicted octanol–water partition coefficient (Wildman–Crippen LogP) is 1.85. The van der Waals surface area contributed by atoms with Crippen molar-refractivity contribution in [1.82, 2.24) is 25.1 Å². The number of hydrogen-bond acceptors (Lipinski definition) is 7. The minimum atomic E-state index is -0.111. The smallest absolute Gasteiger partial charge is 0.226 e. The van der Waals surface area contributed by atoms with Crippen LogP contribution in [-0.2, 0) is 16.1 Å². The monoisotopic (exact) mass is 353 g/mol. The van der Waals surface area contributed by atoms with Crippen LogP contribution in [0.5, 0.6) is 0 Å². The van der Waals surface area contributed by atoms with Crippen LogP contribution in [0, 0.1) is 0 Å². The number of nitrogens with zero attached hydrogens (tertiary/aromatic N) is 4. The first-order chi connectivity index (χ1) is 12.7. The van der Waals surface area contributed by atoms with Gasteiger partial charge in [0, 0.05) is 43.7 Å². The van der Waals surface area contributed by atoms with E-state index in [4.69, 9.17) is 4.74 Å². The molecule has 2 heterocycles. The number of carbonyl (C=O) groups is 1. The summed E-state index contributed by atoms with van der Waals surface area (Å²) >= 11 is 0. The number of aromatic nitrogens is 5. The molecule has 134 valence electrons. The lowest BCUT2D eigenvalue weighted by Gasteiger charge is -2.07. The summed E-state index contributed by atoms with van der Waals surface area (Å²) in [6, 6.07) is 9.09. The number of anilines is 2. The number of hydrogen-bond donors (Lipinski definition) is 3. The van der Waals surface area contributed by atoms with Crippen LogP contribution in [0.15, 0.2) is 42.7 Å². The molecule has 0 bridgehead atoms. The molecule has 3 N–H and O–H groups in total. The Bertz CT molecular complexity index is 851. The van der Waals surface area contributed by atoms with E-state index in [1.807, 2.05) is 24.3 Å². The summed E-state index contributed by atoms with van der Waals surface area (Å²) in [5.74, 6) is 1.58. The molecule has 26 heavy (non-hydrogen) atoms. The van der Waals surface area contributed by atoms with Crippen molar-refractivity contribution in [1.29, 1.82) is 0 Å². The highest BCUT2D eigenvalue weighted by Gasteiger charge is 2.08. The van der Waals surface area contributed by atoms with Gasteiger partial charge in [0.15, 0.2) is 11.6 Å². The van der Waals surface area contributed by atoms with Gasteiger partial charge in [-0.05, 0) is 18.2 Å². The minimum absolute atomic E-state index is 0.111. The third kappa shape index (κ3) is 4.84. The van der Waals surface area contributed by atoms with Crippen LogP contribution in [0.1, 0.15) is 12.2 Å². The van der Waals surface area contributed by atoms with Gasteiger partial charge in [0.1, 0.15) is 6.61 Å². The molecule has 0 spiro atoms. The van der Waals surface area contributed by atoms with E-state index in [1.54, 1.807) is 25.6 Å². The van der Waals surface area contributed by atoms with Gasteiger partial charge in [0.2, 0.25) is 11.9 Å². The highest BCUT2D eigenvalue weighted by molar-refractivity contribution is 5.91. The number of nitrogens with one attached hydrogen (secondary N) is 3. The molecule has 0 radical (unpaired) electrons. The Labute approximate surface area is 150 Å². The zero-order valence-corrected chi connectivity index (χ0v) is 14.3. The van der Waals surface area contributed by atoms with E-state index in [0.717, 1.165) is 5.56 Å². The first kappa shape index (κ1) is 17.5. The fourth-order valence-electron chi connectivity index (χ4n) is 2.26. The lowest BCUT2D eigenvalue weighted by Crippen LogP contribution is -2.16. The molecule has 0 saturated carbocycles. The van der Waals surface area contributed by atoms with E-state index in [1.165, 1.54) is 0 Å². The van der Waals surface area contributed by atoms with Crippen molar-refractivity contribution in [2.24, 2.45) is 0 Å². The fraction of sp³-hybridized carbons (Fsp3) is 0.235. The highest BCUT2D eigenvalue weighted by Crippen LogP contribution is 2.19. The Morgan fingerprint density at radius 2 is 2.08 bits per heavy atom. The molecule has 0 aliphatic heterocycles. The van der Waals surface area contributed by atoms with Crippen LogP contribution in [0.3, 0.4) is 0 Å². The highest BCUT2D eigenvalue weighted by atomic mass is 16.5. The zero-order chi connectivity index (χ0) is 18.2. The van der Waals surface area contributed by atoms with Gasteiger partial charge in [0.25, 0.3) is 0 Å². The van der Waals surface area contributed by atoms with E-state index >= 15 is 0 Å².